The number of amides is 1. The lowest BCUT2D eigenvalue weighted by molar-refractivity contribution is -0.119. The molecule has 0 spiro atoms. The predicted octanol–water partition coefficient (Wildman–Crippen LogP) is 4.21. The second-order valence-electron chi connectivity index (χ2n) is 6.81. The van der Waals surface area contributed by atoms with Crippen molar-refractivity contribution in [1.82, 2.24) is 9.88 Å². The average molecular weight is 346 g/mol. The van der Waals surface area contributed by atoms with Crippen molar-refractivity contribution in [3.8, 4) is 16.9 Å². The minimum Gasteiger partial charge on any atom is -0.490 e. The Bertz CT molecular complexity index is 913. The minimum absolute atomic E-state index is 0.181. The minimum atomic E-state index is 0.181. The molecule has 0 bridgehead atoms. The van der Waals surface area contributed by atoms with Gasteiger partial charge in [0.05, 0.1) is 5.52 Å². The third-order valence-corrected chi connectivity index (χ3v) is 5.06. The van der Waals surface area contributed by atoms with E-state index in [-0.39, 0.29) is 6.10 Å². The fourth-order valence-corrected chi connectivity index (χ4v) is 3.64. The number of benzene rings is 2. The summed E-state index contributed by atoms with van der Waals surface area (Å²) in [6.07, 6.45) is 4.70. The normalized spacial score (nSPS) is 15.2. The number of hydrogen-bond donors (Lipinski definition) is 0. The van der Waals surface area contributed by atoms with Crippen LogP contribution < -0.4 is 4.74 Å². The molecule has 4 rings (SSSR count). The van der Waals surface area contributed by atoms with Gasteiger partial charge in [0.15, 0.2) is 0 Å². The Morgan fingerprint density at radius 2 is 1.85 bits per heavy atom. The van der Waals surface area contributed by atoms with Crippen LogP contribution >= 0.6 is 0 Å². The summed E-state index contributed by atoms with van der Waals surface area (Å²) in [5.74, 6) is 0.884. The molecule has 0 radical (unpaired) electrons. The summed E-state index contributed by atoms with van der Waals surface area (Å²) < 4.78 is 6.10. The lowest BCUT2D eigenvalue weighted by Crippen LogP contribution is -2.37. The van der Waals surface area contributed by atoms with E-state index in [0.29, 0.717) is 0 Å². The van der Waals surface area contributed by atoms with E-state index in [2.05, 4.69) is 42.2 Å². The molecule has 2 aromatic carbocycles. The number of aromatic nitrogens is 1. The quantitative estimate of drug-likeness (QED) is 0.665. The molecule has 3 aromatic rings. The number of likely N-dealkylation sites (tertiary alicyclic amines) is 1. The second-order valence-corrected chi connectivity index (χ2v) is 6.81. The summed E-state index contributed by atoms with van der Waals surface area (Å²) in [5, 5.41) is 1.17. The zero-order chi connectivity index (χ0) is 17.9. The Morgan fingerprint density at radius 3 is 2.58 bits per heavy atom. The number of hydrogen-bond acceptors (Lipinski definition) is 3. The predicted molar refractivity (Wildman–Crippen MR) is 103 cm³/mol. The van der Waals surface area contributed by atoms with E-state index in [9.17, 15) is 4.79 Å². The number of carbonyl (C=O) groups excluding carboxylic acids is 1. The van der Waals surface area contributed by atoms with Gasteiger partial charge in [-0.2, -0.15) is 0 Å². The number of piperidine rings is 1. The first kappa shape index (κ1) is 16.6. The molecule has 1 aliphatic heterocycles. The smallest absolute Gasteiger partial charge is 0.209 e. The van der Waals surface area contributed by atoms with E-state index in [4.69, 9.17) is 4.74 Å². The van der Waals surface area contributed by atoms with Gasteiger partial charge >= 0.3 is 0 Å². The van der Waals surface area contributed by atoms with Crippen LogP contribution in [0, 0.1) is 6.92 Å². The van der Waals surface area contributed by atoms with Crippen LogP contribution in [0.2, 0.25) is 0 Å². The first-order valence-corrected chi connectivity index (χ1v) is 9.05. The lowest BCUT2D eigenvalue weighted by atomic mass is 9.96. The Morgan fingerprint density at radius 1 is 1.08 bits per heavy atom. The van der Waals surface area contributed by atoms with Gasteiger partial charge in [0.25, 0.3) is 0 Å². The number of fused-ring (bicyclic) bond motifs is 1. The molecule has 2 heterocycles. The van der Waals surface area contributed by atoms with Crippen LogP contribution in [0.15, 0.2) is 54.7 Å². The summed E-state index contributed by atoms with van der Waals surface area (Å²) in [5.41, 5.74) is 4.64. The molecule has 26 heavy (non-hydrogen) atoms. The standard InChI is InChI=1S/C22H22N2O2/c1-16-4-9-21-20(3-2-12-23-21)22(16)17-5-7-18(8-6-17)26-19-10-13-24(15-25)14-11-19/h2-9,12,15,19H,10-11,13-14H2,1H3. The third kappa shape index (κ3) is 3.27. The number of pyridine rings is 1. The Balaban J connectivity index is 1.55. The van der Waals surface area contributed by atoms with Crippen molar-refractivity contribution in [1.29, 1.82) is 0 Å². The van der Waals surface area contributed by atoms with Crippen LogP contribution in [0.1, 0.15) is 18.4 Å². The van der Waals surface area contributed by atoms with Gasteiger partial charge in [0.1, 0.15) is 11.9 Å². The van der Waals surface area contributed by atoms with E-state index >= 15 is 0 Å². The molecule has 0 unspecified atom stereocenters. The van der Waals surface area contributed by atoms with Crippen molar-refractivity contribution >= 4 is 17.3 Å². The van der Waals surface area contributed by atoms with Crippen molar-refractivity contribution in [3.05, 3.63) is 60.3 Å². The van der Waals surface area contributed by atoms with Crippen LogP contribution in [-0.4, -0.2) is 35.5 Å². The molecule has 0 saturated carbocycles. The van der Waals surface area contributed by atoms with Crippen LogP contribution in [0.4, 0.5) is 0 Å². The summed E-state index contributed by atoms with van der Waals surface area (Å²) in [6.45, 7) is 3.68. The highest BCUT2D eigenvalue weighted by Gasteiger charge is 2.19. The zero-order valence-electron chi connectivity index (χ0n) is 14.9. The topological polar surface area (TPSA) is 42.4 Å². The van der Waals surface area contributed by atoms with Gasteiger partial charge in [-0.1, -0.05) is 24.3 Å². The van der Waals surface area contributed by atoms with E-state index in [1.165, 1.54) is 22.1 Å². The van der Waals surface area contributed by atoms with Gasteiger partial charge in [-0.3, -0.25) is 9.78 Å². The molecule has 4 nitrogen and oxygen atoms in total. The maximum atomic E-state index is 10.8. The highest BCUT2D eigenvalue weighted by atomic mass is 16.5. The Hall–Kier alpha value is -2.88. The number of nitrogens with zero attached hydrogens (tertiary/aromatic N) is 2. The van der Waals surface area contributed by atoms with E-state index in [1.54, 1.807) is 4.90 Å². The van der Waals surface area contributed by atoms with Gasteiger partial charge in [-0.25, -0.2) is 0 Å². The Labute approximate surface area is 153 Å². The molecule has 1 aromatic heterocycles. The average Bonchev–Trinajstić information content (AvgIpc) is 2.69. The monoisotopic (exact) mass is 346 g/mol. The first-order valence-electron chi connectivity index (χ1n) is 9.05. The largest absolute Gasteiger partial charge is 0.490 e. The molecule has 132 valence electrons. The van der Waals surface area contributed by atoms with Crippen molar-refractivity contribution in [2.45, 2.75) is 25.9 Å². The van der Waals surface area contributed by atoms with Crippen molar-refractivity contribution in [2.24, 2.45) is 0 Å². The summed E-state index contributed by atoms with van der Waals surface area (Å²) in [7, 11) is 0. The van der Waals surface area contributed by atoms with E-state index < -0.39 is 0 Å². The molecule has 0 atom stereocenters. The van der Waals surface area contributed by atoms with E-state index in [0.717, 1.165) is 43.6 Å². The molecule has 0 aliphatic carbocycles. The number of aryl methyl sites for hydroxylation is 1. The zero-order valence-corrected chi connectivity index (χ0v) is 14.9. The molecular weight excluding hydrogens is 324 g/mol. The fourth-order valence-electron chi connectivity index (χ4n) is 3.64. The van der Waals surface area contributed by atoms with Gasteiger partial charge in [0.2, 0.25) is 6.41 Å². The van der Waals surface area contributed by atoms with Gasteiger partial charge < -0.3 is 9.64 Å². The fraction of sp³-hybridized carbons (Fsp3) is 0.273. The lowest BCUT2D eigenvalue weighted by Gasteiger charge is -2.29. The molecule has 4 heteroatoms. The maximum absolute atomic E-state index is 10.8. The molecule has 0 N–H and O–H groups in total. The molecule has 1 amide bonds. The van der Waals surface area contributed by atoms with Crippen molar-refractivity contribution in [3.63, 3.8) is 0 Å². The van der Waals surface area contributed by atoms with Crippen LogP contribution in [0.25, 0.3) is 22.0 Å². The molecule has 1 saturated heterocycles. The molecule has 1 aliphatic rings. The number of carbonyl (C=O) groups is 1. The molecule has 1 fully saturated rings. The summed E-state index contributed by atoms with van der Waals surface area (Å²) >= 11 is 0. The van der Waals surface area contributed by atoms with Crippen LogP contribution in [0.3, 0.4) is 0 Å². The van der Waals surface area contributed by atoms with Gasteiger partial charge in [-0.05, 0) is 47.9 Å². The van der Waals surface area contributed by atoms with Crippen LogP contribution in [-0.2, 0) is 4.79 Å². The summed E-state index contributed by atoms with van der Waals surface area (Å²) in [6, 6.07) is 16.6. The number of rotatable bonds is 4. The molecular formula is C22H22N2O2. The first-order chi connectivity index (χ1) is 12.7. The SMILES string of the molecule is Cc1ccc2ncccc2c1-c1ccc(OC2CCN(C=O)CC2)cc1. The highest BCUT2D eigenvalue weighted by Crippen LogP contribution is 2.32. The van der Waals surface area contributed by atoms with E-state index in [1.807, 2.05) is 24.4 Å². The Kier molecular flexibility index (Phi) is 4.57. The van der Waals surface area contributed by atoms with Crippen molar-refractivity contribution < 1.29 is 9.53 Å². The maximum Gasteiger partial charge on any atom is 0.209 e. The van der Waals surface area contributed by atoms with Crippen molar-refractivity contribution in [2.75, 3.05) is 13.1 Å². The van der Waals surface area contributed by atoms with Crippen LogP contribution in [0.5, 0.6) is 5.75 Å². The van der Waals surface area contributed by atoms with Gasteiger partial charge in [-0.15, -0.1) is 0 Å². The highest BCUT2D eigenvalue weighted by molar-refractivity contribution is 5.96. The number of ether oxygens (including phenoxy) is 1. The second kappa shape index (κ2) is 7.16. The van der Waals surface area contributed by atoms with Gasteiger partial charge in [0, 0.05) is 37.5 Å². The third-order valence-electron chi connectivity index (χ3n) is 5.06. The summed E-state index contributed by atoms with van der Waals surface area (Å²) in [4.78, 5) is 17.1.